The van der Waals surface area contributed by atoms with E-state index < -0.39 is 0 Å². The second-order valence-corrected chi connectivity index (χ2v) is 5.56. The van der Waals surface area contributed by atoms with Crippen LogP contribution in [0.25, 0.3) is 6.08 Å². The zero-order valence-electron chi connectivity index (χ0n) is 13.2. The summed E-state index contributed by atoms with van der Waals surface area (Å²) in [5.74, 6) is 2.63. The fourth-order valence-electron chi connectivity index (χ4n) is 2.65. The molecule has 2 aromatic heterocycles. The maximum Gasteiger partial charge on any atom is 0.217 e. The molecular weight excluding hydrogens is 294 g/mol. The summed E-state index contributed by atoms with van der Waals surface area (Å²) in [6, 6.07) is 3.82. The molecular formula is C16H21N5O2. The van der Waals surface area contributed by atoms with Crippen molar-refractivity contribution >= 4 is 12.0 Å². The van der Waals surface area contributed by atoms with E-state index in [0.717, 1.165) is 50.0 Å². The summed E-state index contributed by atoms with van der Waals surface area (Å²) in [6.45, 7) is 5.53. The predicted molar refractivity (Wildman–Crippen MR) is 85.4 cm³/mol. The Kier molecular flexibility index (Phi) is 4.87. The molecule has 7 nitrogen and oxygen atoms in total. The van der Waals surface area contributed by atoms with Crippen molar-refractivity contribution in [3.63, 3.8) is 0 Å². The monoisotopic (exact) mass is 315 g/mol. The predicted octanol–water partition coefficient (Wildman–Crippen LogP) is 1.08. The van der Waals surface area contributed by atoms with Crippen molar-refractivity contribution < 1.29 is 9.21 Å². The summed E-state index contributed by atoms with van der Waals surface area (Å²) in [5.41, 5.74) is 0. The number of nitrogens with zero attached hydrogens (tertiary/aromatic N) is 4. The molecule has 0 aliphatic carbocycles. The van der Waals surface area contributed by atoms with Crippen LogP contribution < -0.4 is 5.32 Å². The maximum atomic E-state index is 11.1. The normalized spacial score (nSPS) is 15.5. The minimum atomic E-state index is -0.0549. The second kappa shape index (κ2) is 7.23. The van der Waals surface area contributed by atoms with Crippen LogP contribution in [-0.4, -0.2) is 45.2 Å². The largest absolute Gasteiger partial charge is 0.465 e. The van der Waals surface area contributed by atoms with Gasteiger partial charge in [-0.25, -0.2) is 0 Å². The molecule has 0 atom stereocenters. The van der Waals surface area contributed by atoms with Crippen LogP contribution in [-0.2, 0) is 24.3 Å². The third kappa shape index (κ3) is 4.07. The number of nitrogens with one attached hydrogen (secondary N) is 1. The van der Waals surface area contributed by atoms with Crippen molar-refractivity contribution in [2.24, 2.45) is 0 Å². The van der Waals surface area contributed by atoms with E-state index in [-0.39, 0.29) is 5.91 Å². The highest BCUT2D eigenvalue weighted by molar-refractivity contribution is 5.72. The van der Waals surface area contributed by atoms with Crippen LogP contribution in [0.15, 0.2) is 28.9 Å². The van der Waals surface area contributed by atoms with Crippen molar-refractivity contribution in [3.05, 3.63) is 41.9 Å². The Labute approximate surface area is 135 Å². The van der Waals surface area contributed by atoms with Gasteiger partial charge < -0.3 is 14.3 Å². The number of furan rings is 1. The van der Waals surface area contributed by atoms with E-state index in [0.29, 0.717) is 6.54 Å². The lowest BCUT2D eigenvalue weighted by atomic mass is 10.3. The third-order valence-corrected chi connectivity index (χ3v) is 3.88. The number of hydrogen-bond donors (Lipinski definition) is 1. The number of hydrogen-bond acceptors (Lipinski definition) is 5. The van der Waals surface area contributed by atoms with Gasteiger partial charge in [0.25, 0.3) is 0 Å². The van der Waals surface area contributed by atoms with E-state index >= 15 is 0 Å². The number of amides is 1. The van der Waals surface area contributed by atoms with E-state index in [1.54, 1.807) is 6.26 Å². The molecule has 0 saturated carbocycles. The first-order valence-electron chi connectivity index (χ1n) is 7.80. The molecule has 1 amide bonds. The van der Waals surface area contributed by atoms with Gasteiger partial charge in [-0.15, -0.1) is 10.2 Å². The van der Waals surface area contributed by atoms with Gasteiger partial charge in [-0.1, -0.05) is 6.08 Å². The molecule has 0 aromatic carbocycles. The van der Waals surface area contributed by atoms with Crippen molar-refractivity contribution in [3.8, 4) is 0 Å². The molecule has 0 spiro atoms. The molecule has 1 aliphatic heterocycles. The summed E-state index contributed by atoms with van der Waals surface area (Å²) < 4.78 is 7.40. The SMILES string of the molecule is CC(=O)NCc1nnc2n1CCN(C/C=C/c1ccco1)CC2. The Morgan fingerprint density at radius 1 is 1.39 bits per heavy atom. The van der Waals surface area contributed by atoms with Crippen LogP contribution >= 0.6 is 0 Å². The highest BCUT2D eigenvalue weighted by Gasteiger charge is 2.17. The average molecular weight is 315 g/mol. The number of fused-ring (bicyclic) bond motifs is 1. The van der Waals surface area contributed by atoms with E-state index in [9.17, 15) is 4.79 Å². The van der Waals surface area contributed by atoms with Crippen LogP contribution in [0.4, 0.5) is 0 Å². The molecule has 1 aliphatic rings. The van der Waals surface area contributed by atoms with Gasteiger partial charge in [0.2, 0.25) is 5.91 Å². The van der Waals surface area contributed by atoms with Gasteiger partial charge in [0.1, 0.15) is 11.6 Å². The van der Waals surface area contributed by atoms with Crippen molar-refractivity contribution in [2.75, 3.05) is 19.6 Å². The molecule has 23 heavy (non-hydrogen) atoms. The van der Waals surface area contributed by atoms with Crippen molar-refractivity contribution in [1.82, 2.24) is 25.0 Å². The topological polar surface area (TPSA) is 76.2 Å². The van der Waals surface area contributed by atoms with Crippen LogP contribution in [0.1, 0.15) is 24.3 Å². The molecule has 0 radical (unpaired) electrons. The number of carbonyl (C=O) groups is 1. The molecule has 0 unspecified atom stereocenters. The molecule has 2 aromatic rings. The van der Waals surface area contributed by atoms with Crippen LogP contribution in [0.2, 0.25) is 0 Å². The van der Waals surface area contributed by atoms with Crippen LogP contribution in [0, 0.1) is 0 Å². The Morgan fingerprint density at radius 3 is 3.09 bits per heavy atom. The second-order valence-electron chi connectivity index (χ2n) is 5.56. The van der Waals surface area contributed by atoms with Crippen molar-refractivity contribution in [2.45, 2.75) is 26.4 Å². The summed E-state index contributed by atoms with van der Waals surface area (Å²) in [7, 11) is 0. The summed E-state index contributed by atoms with van der Waals surface area (Å²) in [4.78, 5) is 13.4. The molecule has 0 bridgehead atoms. The van der Waals surface area contributed by atoms with Crippen LogP contribution in [0.5, 0.6) is 0 Å². The van der Waals surface area contributed by atoms with Gasteiger partial charge in [0, 0.05) is 39.5 Å². The third-order valence-electron chi connectivity index (χ3n) is 3.88. The van der Waals surface area contributed by atoms with Crippen molar-refractivity contribution in [1.29, 1.82) is 0 Å². The Morgan fingerprint density at radius 2 is 2.30 bits per heavy atom. The molecule has 3 heterocycles. The lowest BCUT2D eigenvalue weighted by Crippen LogP contribution is -2.28. The van der Waals surface area contributed by atoms with E-state index in [1.807, 2.05) is 18.2 Å². The molecule has 3 rings (SSSR count). The quantitative estimate of drug-likeness (QED) is 0.893. The Hall–Kier alpha value is -2.41. The minimum absolute atomic E-state index is 0.0549. The molecule has 1 N–H and O–H groups in total. The first-order valence-corrected chi connectivity index (χ1v) is 7.80. The fourth-order valence-corrected chi connectivity index (χ4v) is 2.65. The summed E-state index contributed by atoms with van der Waals surface area (Å²) in [6.07, 6.45) is 6.65. The van der Waals surface area contributed by atoms with Gasteiger partial charge in [-0.3, -0.25) is 9.69 Å². The van der Waals surface area contributed by atoms with E-state index in [2.05, 4.69) is 31.1 Å². The van der Waals surface area contributed by atoms with Gasteiger partial charge in [-0.05, 0) is 18.2 Å². The lowest BCUT2D eigenvalue weighted by molar-refractivity contribution is -0.119. The number of aromatic nitrogens is 3. The maximum absolute atomic E-state index is 11.1. The highest BCUT2D eigenvalue weighted by atomic mass is 16.3. The van der Waals surface area contributed by atoms with Crippen LogP contribution in [0.3, 0.4) is 0 Å². The number of carbonyl (C=O) groups excluding carboxylic acids is 1. The smallest absolute Gasteiger partial charge is 0.217 e. The molecule has 0 saturated heterocycles. The summed E-state index contributed by atoms with van der Waals surface area (Å²) in [5, 5.41) is 11.2. The highest BCUT2D eigenvalue weighted by Crippen LogP contribution is 2.10. The van der Waals surface area contributed by atoms with Gasteiger partial charge in [0.05, 0.1) is 12.8 Å². The van der Waals surface area contributed by atoms with Gasteiger partial charge in [-0.2, -0.15) is 0 Å². The standard InChI is InChI=1S/C16H21N5O2/c1-13(22)17-12-16-19-18-15-6-8-20(9-10-21(15)16)7-2-4-14-5-3-11-23-14/h2-5,11H,6-10,12H2,1H3,(H,17,22)/b4-2+. The zero-order chi connectivity index (χ0) is 16.1. The molecule has 7 heteroatoms. The first kappa shape index (κ1) is 15.5. The Bertz CT molecular complexity index is 675. The first-order chi connectivity index (χ1) is 11.2. The number of rotatable bonds is 5. The average Bonchev–Trinajstić information content (AvgIpc) is 3.13. The van der Waals surface area contributed by atoms with Gasteiger partial charge >= 0.3 is 0 Å². The fraction of sp³-hybridized carbons (Fsp3) is 0.438. The van der Waals surface area contributed by atoms with E-state index in [4.69, 9.17) is 4.42 Å². The zero-order valence-corrected chi connectivity index (χ0v) is 13.2. The Balaban J connectivity index is 1.56. The molecule has 122 valence electrons. The minimum Gasteiger partial charge on any atom is -0.465 e. The van der Waals surface area contributed by atoms with E-state index in [1.165, 1.54) is 6.92 Å². The van der Waals surface area contributed by atoms with Gasteiger partial charge in [0.15, 0.2) is 5.82 Å². The lowest BCUT2D eigenvalue weighted by Gasteiger charge is -2.17. The molecule has 0 fully saturated rings. The summed E-state index contributed by atoms with van der Waals surface area (Å²) >= 11 is 0.